The SMILES string of the molecule is C=C/C=N/N(/N=C/C=C/SC1CCCCC1)c1cc(C)cc(C(C)(C)C)c1O. The summed E-state index contributed by atoms with van der Waals surface area (Å²) in [6.45, 7) is 11.9. The number of allylic oxidation sites excluding steroid dienone is 2. The molecule has 0 radical (unpaired) electrons. The molecule has 2 rings (SSSR count). The Labute approximate surface area is 174 Å². The van der Waals surface area contributed by atoms with E-state index in [1.807, 2.05) is 36.9 Å². The molecule has 5 heteroatoms. The highest BCUT2D eigenvalue weighted by Crippen LogP contribution is 2.39. The number of phenols is 1. The summed E-state index contributed by atoms with van der Waals surface area (Å²) in [5, 5.41) is 23.9. The summed E-state index contributed by atoms with van der Waals surface area (Å²) in [6.07, 6.45) is 13.5. The molecule has 28 heavy (non-hydrogen) atoms. The van der Waals surface area contributed by atoms with Crippen LogP contribution in [-0.2, 0) is 5.41 Å². The van der Waals surface area contributed by atoms with Gasteiger partial charge < -0.3 is 5.11 Å². The van der Waals surface area contributed by atoms with Crippen molar-refractivity contribution in [2.45, 2.75) is 70.5 Å². The van der Waals surface area contributed by atoms with Gasteiger partial charge in [0.15, 0.2) is 0 Å². The zero-order valence-electron chi connectivity index (χ0n) is 17.6. The third-order valence-electron chi connectivity index (χ3n) is 4.70. The number of benzene rings is 1. The summed E-state index contributed by atoms with van der Waals surface area (Å²) in [6, 6.07) is 3.90. The average Bonchev–Trinajstić information content (AvgIpc) is 2.65. The van der Waals surface area contributed by atoms with Gasteiger partial charge in [0, 0.05) is 17.0 Å². The van der Waals surface area contributed by atoms with Crippen molar-refractivity contribution in [1.29, 1.82) is 0 Å². The number of nitrogens with zero attached hydrogens (tertiary/aromatic N) is 3. The molecule has 0 bridgehead atoms. The highest BCUT2D eigenvalue weighted by Gasteiger charge is 2.23. The Hall–Kier alpha value is -2.01. The molecule has 0 aliphatic heterocycles. The molecule has 4 nitrogen and oxygen atoms in total. The van der Waals surface area contributed by atoms with Gasteiger partial charge >= 0.3 is 0 Å². The van der Waals surface area contributed by atoms with E-state index < -0.39 is 0 Å². The van der Waals surface area contributed by atoms with Crippen LogP contribution in [0.4, 0.5) is 5.69 Å². The van der Waals surface area contributed by atoms with E-state index in [9.17, 15) is 5.11 Å². The molecule has 1 saturated carbocycles. The van der Waals surface area contributed by atoms with Crippen molar-refractivity contribution in [2.75, 3.05) is 5.12 Å². The van der Waals surface area contributed by atoms with E-state index in [-0.39, 0.29) is 11.2 Å². The summed E-state index contributed by atoms with van der Waals surface area (Å²) < 4.78 is 0. The standard InChI is InChI=1S/C23H33N3OS/c1-6-13-24-26(25-14-10-15-28-19-11-8-7-9-12-19)21-17-18(2)16-20(22(21)27)23(3,4)5/h6,10,13-17,19,27H,1,7-9,11-12H2,2-5H3/b15-10+,24-13+,25-14+. The number of hydrazone groups is 2. The summed E-state index contributed by atoms with van der Waals surface area (Å²) in [5.41, 5.74) is 2.31. The van der Waals surface area contributed by atoms with Crippen LogP contribution in [-0.4, -0.2) is 22.8 Å². The lowest BCUT2D eigenvalue weighted by Crippen LogP contribution is -2.15. The van der Waals surface area contributed by atoms with E-state index in [4.69, 9.17) is 0 Å². The van der Waals surface area contributed by atoms with Crippen molar-refractivity contribution in [3.05, 3.63) is 47.4 Å². The molecule has 0 saturated heterocycles. The fourth-order valence-electron chi connectivity index (χ4n) is 3.24. The average molecular weight is 400 g/mol. The van der Waals surface area contributed by atoms with Gasteiger partial charge in [-0.1, -0.05) is 52.7 Å². The molecular formula is C23H33N3OS. The number of rotatable bonds is 7. The molecule has 1 aromatic carbocycles. The van der Waals surface area contributed by atoms with Gasteiger partial charge in [0.1, 0.15) is 11.4 Å². The van der Waals surface area contributed by atoms with Gasteiger partial charge in [-0.3, -0.25) is 0 Å². The summed E-state index contributed by atoms with van der Waals surface area (Å²) >= 11 is 1.88. The third-order valence-corrected chi connectivity index (χ3v) is 5.87. The molecule has 152 valence electrons. The molecule has 0 heterocycles. The lowest BCUT2D eigenvalue weighted by atomic mass is 9.85. The van der Waals surface area contributed by atoms with E-state index in [0.717, 1.165) is 16.4 Å². The molecule has 1 aliphatic carbocycles. The molecule has 1 N–H and O–H groups in total. The molecule has 1 fully saturated rings. The second kappa shape index (κ2) is 10.5. The second-order valence-corrected chi connectivity index (χ2v) is 9.42. The number of thioether (sulfide) groups is 1. The molecule has 0 aromatic heterocycles. The van der Waals surface area contributed by atoms with Crippen LogP contribution in [0.25, 0.3) is 0 Å². The van der Waals surface area contributed by atoms with Gasteiger partial charge in [-0.05, 0) is 54.4 Å². The van der Waals surface area contributed by atoms with Crippen molar-refractivity contribution in [1.82, 2.24) is 0 Å². The van der Waals surface area contributed by atoms with Crippen molar-refractivity contribution < 1.29 is 5.11 Å². The Kier molecular flexibility index (Phi) is 8.36. The number of phenolic OH excluding ortho intramolecular Hbond substituents is 1. The third kappa shape index (κ3) is 6.55. The molecule has 1 aliphatic rings. The Morgan fingerprint density at radius 2 is 1.82 bits per heavy atom. The van der Waals surface area contributed by atoms with E-state index in [0.29, 0.717) is 5.69 Å². The van der Waals surface area contributed by atoms with E-state index in [1.54, 1.807) is 18.5 Å². The summed E-state index contributed by atoms with van der Waals surface area (Å²) in [5.74, 6) is 0.206. The van der Waals surface area contributed by atoms with Crippen molar-refractivity contribution in [3.63, 3.8) is 0 Å². The smallest absolute Gasteiger partial charge is 0.146 e. The lowest BCUT2D eigenvalue weighted by Gasteiger charge is -2.24. The monoisotopic (exact) mass is 399 g/mol. The highest BCUT2D eigenvalue weighted by molar-refractivity contribution is 8.02. The van der Waals surface area contributed by atoms with Crippen molar-refractivity contribution in [2.24, 2.45) is 10.2 Å². The van der Waals surface area contributed by atoms with Crippen LogP contribution in [0.3, 0.4) is 0 Å². The van der Waals surface area contributed by atoms with E-state index >= 15 is 0 Å². The number of hydrogen-bond acceptors (Lipinski definition) is 5. The minimum absolute atomic E-state index is 0.182. The predicted octanol–water partition coefficient (Wildman–Crippen LogP) is 6.54. The summed E-state index contributed by atoms with van der Waals surface area (Å²) in [7, 11) is 0. The van der Waals surface area contributed by atoms with Gasteiger partial charge in [0.25, 0.3) is 0 Å². The zero-order valence-corrected chi connectivity index (χ0v) is 18.4. The number of anilines is 1. The van der Waals surface area contributed by atoms with Crippen LogP contribution in [0.2, 0.25) is 0 Å². The minimum atomic E-state index is -0.182. The molecular weight excluding hydrogens is 366 g/mol. The van der Waals surface area contributed by atoms with Gasteiger partial charge in [-0.25, -0.2) is 0 Å². The fourth-order valence-corrected chi connectivity index (χ4v) is 4.23. The fraction of sp³-hybridized carbons (Fsp3) is 0.478. The first-order chi connectivity index (χ1) is 13.3. The Balaban J connectivity index is 2.20. The molecule has 0 atom stereocenters. The van der Waals surface area contributed by atoms with Crippen LogP contribution in [0.1, 0.15) is 64.0 Å². The van der Waals surface area contributed by atoms with Crippen molar-refractivity contribution in [3.8, 4) is 5.75 Å². The molecule has 1 aromatic rings. The first-order valence-electron chi connectivity index (χ1n) is 9.96. The Morgan fingerprint density at radius 3 is 2.46 bits per heavy atom. The topological polar surface area (TPSA) is 48.2 Å². The number of hydrogen-bond donors (Lipinski definition) is 1. The lowest BCUT2D eigenvalue weighted by molar-refractivity contribution is 0.446. The Bertz CT molecular complexity index is 741. The Morgan fingerprint density at radius 1 is 1.14 bits per heavy atom. The van der Waals surface area contributed by atoms with Crippen LogP contribution in [0.15, 0.2) is 46.5 Å². The van der Waals surface area contributed by atoms with Crippen LogP contribution in [0.5, 0.6) is 5.75 Å². The highest BCUT2D eigenvalue weighted by atomic mass is 32.2. The number of aryl methyl sites for hydroxylation is 1. The quantitative estimate of drug-likeness (QED) is 0.418. The van der Waals surface area contributed by atoms with E-state index in [1.165, 1.54) is 37.2 Å². The number of aromatic hydroxyl groups is 1. The maximum absolute atomic E-state index is 10.9. The van der Waals surface area contributed by atoms with E-state index in [2.05, 4.69) is 43.0 Å². The molecule has 0 amide bonds. The molecule has 0 spiro atoms. The van der Waals surface area contributed by atoms with Gasteiger partial charge in [0.05, 0.1) is 6.21 Å². The normalized spacial score (nSPS) is 16.4. The summed E-state index contributed by atoms with van der Waals surface area (Å²) in [4.78, 5) is 0. The van der Waals surface area contributed by atoms with Gasteiger partial charge in [0.2, 0.25) is 0 Å². The second-order valence-electron chi connectivity index (χ2n) is 8.21. The minimum Gasteiger partial charge on any atom is -0.505 e. The maximum Gasteiger partial charge on any atom is 0.146 e. The molecule has 0 unspecified atom stereocenters. The van der Waals surface area contributed by atoms with Crippen molar-refractivity contribution >= 4 is 29.9 Å². The first-order valence-corrected chi connectivity index (χ1v) is 10.9. The van der Waals surface area contributed by atoms with Gasteiger partial charge in [-0.15, -0.1) is 16.9 Å². The van der Waals surface area contributed by atoms with Gasteiger partial charge in [-0.2, -0.15) is 10.2 Å². The van der Waals surface area contributed by atoms with Crippen LogP contribution in [0, 0.1) is 6.92 Å². The largest absolute Gasteiger partial charge is 0.505 e. The van der Waals surface area contributed by atoms with Crippen LogP contribution < -0.4 is 5.12 Å². The predicted molar refractivity (Wildman–Crippen MR) is 125 cm³/mol. The first kappa shape index (κ1) is 22.3. The maximum atomic E-state index is 10.9. The van der Waals surface area contributed by atoms with Crippen LogP contribution >= 0.6 is 11.8 Å². The zero-order chi connectivity index (χ0) is 20.6.